The van der Waals surface area contributed by atoms with E-state index in [1.807, 2.05) is 6.92 Å². The number of amides is 3. The van der Waals surface area contributed by atoms with Crippen LogP contribution in [0.3, 0.4) is 0 Å². The number of carbonyl (C=O) groups is 3. The molecule has 186 valence electrons. The molecule has 0 aromatic heterocycles. The largest absolute Gasteiger partial charge is 0.492 e. The van der Waals surface area contributed by atoms with Crippen LogP contribution in [0.5, 0.6) is 5.75 Å². The molecule has 34 heavy (non-hydrogen) atoms. The van der Waals surface area contributed by atoms with Gasteiger partial charge in [-0.2, -0.15) is 4.31 Å². The smallest absolute Gasteiger partial charge is 0.243 e. The van der Waals surface area contributed by atoms with Crippen molar-refractivity contribution in [2.45, 2.75) is 31.6 Å². The zero-order valence-electron chi connectivity index (χ0n) is 19.7. The van der Waals surface area contributed by atoms with Gasteiger partial charge < -0.3 is 14.8 Å². The molecule has 3 aliphatic rings. The summed E-state index contributed by atoms with van der Waals surface area (Å²) < 4.78 is 38.5. The molecule has 0 unspecified atom stereocenters. The predicted molar refractivity (Wildman–Crippen MR) is 122 cm³/mol. The van der Waals surface area contributed by atoms with E-state index in [4.69, 9.17) is 9.47 Å². The van der Waals surface area contributed by atoms with Gasteiger partial charge in [-0.1, -0.05) is 6.92 Å². The van der Waals surface area contributed by atoms with Crippen LogP contribution in [0.4, 0.5) is 5.69 Å². The Bertz CT molecular complexity index is 1080. The number of hydrogen-bond donors (Lipinski definition) is 1. The Morgan fingerprint density at radius 1 is 1.18 bits per heavy atom. The van der Waals surface area contributed by atoms with Gasteiger partial charge in [-0.3, -0.25) is 19.3 Å². The van der Waals surface area contributed by atoms with E-state index in [2.05, 4.69) is 5.32 Å². The van der Waals surface area contributed by atoms with E-state index in [1.54, 1.807) is 6.92 Å². The van der Waals surface area contributed by atoms with Crippen LogP contribution in [0.1, 0.15) is 26.7 Å². The lowest BCUT2D eigenvalue weighted by molar-refractivity contribution is -0.140. The SMILES string of the molecule is CCOc1ccc(S(=O)(=O)N2CCOCC2)cc1NC(=O)[C@H]1[C@@H]2C(=O)N(C)C(=O)[C@H]2CC[C@H]1C. The van der Waals surface area contributed by atoms with Gasteiger partial charge in [0, 0.05) is 20.1 Å². The summed E-state index contributed by atoms with van der Waals surface area (Å²) in [6, 6.07) is 4.38. The Labute approximate surface area is 199 Å². The van der Waals surface area contributed by atoms with Crippen molar-refractivity contribution < 1.29 is 32.3 Å². The molecule has 4 rings (SSSR count). The van der Waals surface area contributed by atoms with Crippen LogP contribution < -0.4 is 10.1 Å². The van der Waals surface area contributed by atoms with Crippen molar-refractivity contribution in [1.29, 1.82) is 0 Å². The minimum Gasteiger partial charge on any atom is -0.492 e. The lowest BCUT2D eigenvalue weighted by Crippen LogP contribution is -2.43. The highest BCUT2D eigenvalue weighted by Gasteiger charge is 2.55. The fraction of sp³-hybridized carbons (Fsp3) is 0.609. The molecule has 0 bridgehead atoms. The van der Waals surface area contributed by atoms with Crippen molar-refractivity contribution in [2.75, 3.05) is 45.3 Å². The van der Waals surface area contributed by atoms with E-state index in [0.29, 0.717) is 38.4 Å². The van der Waals surface area contributed by atoms with Gasteiger partial charge in [-0.05, 0) is 43.9 Å². The first-order chi connectivity index (χ1) is 16.2. The standard InChI is InChI=1S/C23H31N3O7S/c1-4-33-18-8-6-15(34(30,31)26-9-11-32-12-10-26)13-17(18)24-21(27)19-14(2)5-7-16-20(19)23(29)25(3)22(16)28/h6,8,13-14,16,19-20H,4-5,7,9-12H2,1-3H3,(H,24,27)/t14-,16+,19-,20-/m1/s1. The van der Waals surface area contributed by atoms with Crippen LogP contribution in [0.25, 0.3) is 0 Å². The molecule has 1 N–H and O–H groups in total. The fourth-order valence-corrected chi connectivity index (χ4v) is 6.65. The number of fused-ring (bicyclic) bond motifs is 1. The first-order valence-corrected chi connectivity index (χ1v) is 13.1. The molecular weight excluding hydrogens is 462 g/mol. The number of nitrogens with zero attached hydrogens (tertiary/aromatic N) is 2. The van der Waals surface area contributed by atoms with Crippen LogP contribution in [0, 0.1) is 23.7 Å². The van der Waals surface area contributed by atoms with Gasteiger partial charge in [0.05, 0.1) is 48.2 Å². The Hall–Kier alpha value is -2.50. The Morgan fingerprint density at radius 3 is 2.56 bits per heavy atom. The highest BCUT2D eigenvalue weighted by atomic mass is 32.2. The Kier molecular flexibility index (Phi) is 6.97. The summed E-state index contributed by atoms with van der Waals surface area (Å²) in [7, 11) is -2.33. The Morgan fingerprint density at radius 2 is 1.88 bits per heavy atom. The van der Waals surface area contributed by atoms with Crippen LogP contribution >= 0.6 is 0 Å². The molecular formula is C23H31N3O7S. The predicted octanol–water partition coefficient (Wildman–Crippen LogP) is 1.32. The molecule has 2 heterocycles. The second-order valence-corrected chi connectivity index (χ2v) is 11.0. The van der Waals surface area contributed by atoms with Crippen molar-refractivity contribution in [3.63, 3.8) is 0 Å². The minimum atomic E-state index is -3.78. The van der Waals surface area contributed by atoms with Gasteiger partial charge in [0.2, 0.25) is 27.7 Å². The molecule has 1 aromatic rings. The van der Waals surface area contributed by atoms with Crippen molar-refractivity contribution in [1.82, 2.24) is 9.21 Å². The van der Waals surface area contributed by atoms with Crippen LogP contribution in [0.15, 0.2) is 23.1 Å². The summed E-state index contributed by atoms with van der Waals surface area (Å²) in [5, 5.41) is 2.82. The lowest BCUT2D eigenvalue weighted by Gasteiger charge is -2.34. The number of hydrogen-bond acceptors (Lipinski definition) is 7. The summed E-state index contributed by atoms with van der Waals surface area (Å²) in [6.07, 6.45) is 1.22. The molecule has 4 atom stereocenters. The molecule has 2 aliphatic heterocycles. The summed E-state index contributed by atoms with van der Waals surface area (Å²) in [5.74, 6) is -2.68. The minimum absolute atomic E-state index is 0.0366. The number of imide groups is 1. The average molecular weight is 494 g/mol. The second kappa shape index (κ2) is 9.63. The average Bonchev–Trinajstić information content (AvgIpc) is 3.04. The number of ether oxygens (including phenoxy) is 2. The van der Waals surface area contributed by atoms with E-state index >= 15 is 0 Å². The van der Waals surface area contributed by atoms with Crippen molar-refractivity contribution in [2.24, 2.45) is 23.7 Å². The summed E-state index contributed by atoms with van der Waals surface area (Å²) >= 11 is 0. The highest BCUT2D eigenvalue weighted by molar-refractivity contribution is 7.89. The zero-order chi connectivity index (χ0) is 24.6. The third-order valence-electron chi connectivity index (χ3n) is 7.05. The maximum absolute atomic E-state index is 13.5. The van der Waals surface area contributed by atoms with Crippen LogP contribution in [-0.4, -0.2) is 75.3 Å². The third kappa shape index (κ3) is 4.32. The summed E-state index contributed by atoms with van der Waals surface area (Å²) in [4.78, 5) is 39.9. The van der Waals surface area contributed by atoms with Gasteiger partial charge in [0.15, 0.2) is 0 Å². The molecule has 1 saturated carbocycles. The number of morpholine rings is 1. The molecule has 11 heteroatoms. The van der Waals surface area contributed by atoms with Crippen molar-refractivity contribution in [3.8, 4) is 5.75 Å². The number of benzene rings is 1. The fourth-order valence-electron chi connectivity index (χ4n) is 5.21. The van der Waals surface area contributed by atoms with E-state index in [-0.39, 0.29) is 41.4 Å². The molecule has 3 amide bonds. The van der Waals surface area contributed by atoms with E-state index in [1.165, 1.54) is 29.6 Å². The monoisotopic (exact) mass is 493 g/mol. The zero-order valence-corrected chi connectivity index (χ0v) is 20.5. The lowest BCUT2D eigenvalue weighted by atomic mass is 9.67. The number of rotatable bonds is 6. The van der Waals surface area contributed by atoms with Gasteiger partial charge in [0.1, 0.15) is 5.75 Å². The first-order valence-electron chi connectivity index (χ1n) is 11.6. The Balaban J connectivity index is 1.64. The molecule has 10 nitrogen and oxygen atoms in total. The van der Waals surface area contributed by atoms with Crippen LogP contribution in [0.2, 0.25) is 0 Å². The van der Waals surface area contributed by atoms with Crippen LogP contribution in [-0.2, 0) is 29.1 Å². The van der Waals surface area contributed by atoms with E-state index in [9.17, 15) is 22.8 Å². The van der Waals surface area contributed by atoms with Gasteiger partial charge in [-0.25, -0.2) is 8.42 Å². The molecule has 3 fully saturated rings. The topological polar surface area (TPSA) is 122 Å². The molecule has 0 spiro atoms. The van der Waals surface area contributed by atoms with E-state index < -0.39 is 33.7 Å². The first kappa shape index (κ1) is 24.6. The van der Waals surface area contributed by atoms with Gasteiger partial charge in [-0.15, -0.1) is 0 Å². The maximum atomic E-state index is 13.5. The maximum Gasteiger partial charge on any atom is 0.243 e. The number of nitrogens with one attached hydrogen (secondary N) is 1. The molecule has 1 aromatic carbocycles. The number of likely N-dealkylation sites (tertiary alicyclic amines) is 1. The third-order valence-corrected chi connectivity index (χ3v) is 8.94. The highest BCUT2D eigenvalue weighted by Crippen LogP contribution is 2.45. The number of sulfonamides is 1. The molecule has 0 radical (unpaired) electrons. The van der Waals surface area contributed by atoms with Gasteiger partial charge >= 0.3 is 0 Å². The second-order valence-electron chi connectivity index (χ2n) is 9.04. The number of anilines is 1. The van der Waals surface area contributed by atoms with Gasteiger partial charge in [0.25, 0.3) is 0 Å². The quantitative estimate of drug-likeness (QED) is 0.593. The van der Waals surface area contributed by atoms with Crippen molar-refractivity contribution in [3.05, 3.63) is 18.2 Å². The number of carbonyl (C=O) groups excluding carboxylic acids is 3. The summed E-state index contributed by atoms with van der Waals surface area (Å²) in [6.45, 7) is 5.16. The van der Waals surface area contributed by atoms with Crippen molar-refractivity contribution >= 4 is 33.4 Å². The van der Waals surface area contributed by atoms with E-state index in [0.717, 1.165) is 4.90 Å². The normalized spacial score (nSPS) is 28.0. The molecule has 2 saturated heterocycles. The summed E-state index contributed by atoms with van der Waals surface area (Å²) in [5.41, 5.74) is 0.223. The molecule has 1 aliphatic carbocycles.